The van der Waals surface area contributed by atoms with E-state index in [1.54, 1.807) is 14.0 Å². The van der Waals surface area contributed by atoms with E-state index >= 15 is 0 Å². The number of nitrogens with zero attached hydrogens (tertiary/aromatic N) is 3. The molecule has 23 heavy (non-hydrogen) atoms. The lowest BCUT2D eigenvalue weighted by molar-refractivity contribution is 0.414. The van der Waals surface area contributed by atoms with Crippen LogP contribution in [-0.2, 0) is 13.1 Å². The van der Waals surface area contributed by atoms with Crippen molar-refractivity contribution in [1.29, 1.82) is 0 Å². The molecule has 0 unspecified atom stereocenters. The fraction of sp³-hybridized carbons (Fsp3) is 0.222. The molecule has 118 valence electrons. The first-order valence-corrected chi connectivity index (χ1v) is 7.46. The zero-order valence-corrected chi connectivity index (χ0v) is 13.3. The largest absolute Gasteiger partial charge is 0.497 e. The van der Waals surface area contributed by atoms with E-state index in [1.165, 1.54) is 5.56 Å². The Morgan fingerprint density at radius 3 is 2.30 bits per heavy atom. The lowest BCUT2D eigenvalue weighted by atomic mass is 10.2. The van der Waals surface area contributed by atoms with E-state index in [2.05, 4.69) is 27.2 Å². The fourth-order valence-electron chi connectivity index (χ4n) is 2.40. The van der Waals surface area contributed by atoms with Crippen molar-refractivity contribution >= 4 is 5.69 Å². The monoisotopic (exact) mass is 309 g/mol. The van der Waals surface area contributed by atoms with Crippen molar-refractivity contribution in [1.82, 2.24) is 10.2 Å². The molecule has 0 bridgehead atoms. The molecule has 0 N–H and O–H groups in total. The van der Waals surface area contributed by atoms with Crippen molar-refractivity contribution in [3.8, 4) is 5.75 Å². The molecule has 0 fully saturated rings. The number of anilines is 1. The van der Waals surface area contributed by atoms with Crippen LogP contribution >= 0.6 is 0 Å². The Morgan fingerprint density at radius 2 is 1.70 bits per heavy atom. The Balaban J connectivity index is 1.85. The second-order valence-electron chi connectivity index (χ2n) is 5.25. The lowest BCUT2D eigenvalue weighted by Crippen LogP contribution is -2.22. The Bertz CT molecular complexity index is 738. The summed E-state index contributed by atoms with van der Waals surface area (Å²) in [5.74, 6) is 2.02. The lowest BCUT2D eigenvalue weighted by Gasteiger charge is -2.23. The van der Waals surface area contributed by atoms with Crippen molar-refractivity contribution in [3.63, 3.8) is 0 Å². The molecule has 5 heteroatoms. The third-order valence-electron chi connectivity index (χ3n) is 3.55. The van der Waals surface area contributed by atoms with Crippen LogP contribution in [0.4, 0.5) is 5.69 Å². The first kappa shape index (κ1) is 15.1. The minimum absolute atomic E-state index is 0.558. The van der Waals surface area contributed by atoms with Crippen LogP contribution in [0.2, 0.25) is 0 Å². The van der Waals surface area contributed by atoms with E-state index < -0.39 is 0 Å². The number of methoxy groups -OCH3 is 1. The van der Waals surface area contributed by atoms with Gasteiger partial charge in [-0.25, -0.2) is 0 Å². The Morgan fingerprint density at radius 1 is 0.957 bits per heavy atom. The van der Waals surface area contributed by atoms with Gasteiger partial charge in [0.15, 0.2) is 0 Å². The zero-order chi connectivity index (χ0) is 16.1. The van der Waals surface area contributed by atoms with Gasteiger partial charge in [0.25, 0.3) is 0 Å². The molecule has 0 amide bonds. The summed E-state index contributed by atoms with van der Waals surface area (Å²) < 4.78 is 10.8. The van der Waals surface area contributed by atoms with E-state index in [9.17, 15) is 0 Å². The summed E-state index contributed by atoms with van der Waals surface area (Å²) in [6, 6.07) is 18.3. The van der Waals surface area contributed by atoms with Crippen LogP contribution in [0.15, 0.2) is 59.0 Å². The molecular formula is C18H19N3O2. The normalized spacial score (nSPS) is 10.5. The summed E-state index contributed by atoms with van der Waals surface area (Å²) in [6.07, 6.45) is 0. The maximum Gasteiger partial charge on any atom is 0.235 e. The van der Waals surface area contributed by atoms with Crippen LogP contribution in [0.3, 0.4) is 0 Å². The van der Waals surface area contributed by atoms with Gasteiger partial charge in [0.05, 0.1) is 13.7 Å². The number of hydrogen-bond donors (Lipinski definition) is 0. The number of aryl methyl sites for hydroxylation is 1. The van der Waals surface area contributed by atoms with Crippen LogP contribution in [0.5, 0.6) is 5.75 Å². The number of aromatic nitrogens is 2. The van der Waals surface area contributed by atoms with Gasteiger partial charge in [-0.2, -0.15) is 0 Å². The van der Waals surface area contributed by atoms with Gasteiger partial charge in [0.2, 0.25) is 11.8 Å². The molecule has 1 heterocycles. The van der Waals surface area contributed by atoms with Gasteiger partial charge in [-0.15, -0.1) is 10.2 Å². The molecule has 0 aliphatic heterocycles. The molecule has 3 aromatic rings. The van der Waals surface area contributed by atoms with Gasteiger partial charge in [0, 0.05) is 19.2 Å². The summed E-state index contributed by atoms with van der Waals surface area (Å²) >= 11 is 0. The van der Waals surface area contributed by atoms with Gasteiger partial charge < -0.3 is 14.1 Å². The second-order valence-corrected chi connectivity index (χ2v) is 5.25. The number of hydrogen-bond acceptors (Lipinski definition) is 5. The van der Waals surface area contributed by atoms with E-state index in [-0.39, 0.29) is 0 Å². The van der Waals surface area contributed by atoms with Crippen LogP contribution in [0.1, 0.15) is 17.3 Å². The summed E-state index contributed by atoms with van der Waals surface area (Å²) in [5.41, 5.74) is 2.30. The van der Waals surface area contributed by atoms with Crippen molar-refractivity contribution in [2.75, 3.05) is 12.0 Å². The minimum atomic E-state index is 0.558. The molecule has 2 aromatic carbocycles. The average Bonchev–Trinajstić information content (AvgIpc) is 3.00. The molecule has 5 nitrogen and oxygen atoms in total. The Kier molecular flexibility index (Phi) is 4.57. The molecule has 0 atom stereocenters. The van der Waals surface area contributed by atoms with Crippen LogP contribution in [0.25, 0.3) is 0 Å². The number of rotatable bonds is 6. The topological polar surface area (TPSA) is 51.4 Å². The molecule has 0 saturated heterocycles. The molecule has 0 radical (unpaired) electrons. The highest BCUT2D eigenvalue weighted by Gasteiger charge is 2.12. The molecule has 3 rings (SSSR count). The Hall–Kier alpha value is -2.82. The highest BCUT2D eigenvalue weighted by Crippen LogP contribution is 2.23. The van der Waals surface area contributed by atoms with Crippen LogP contribution in [-0.4, -0.2) is 17.3 Å². The Labute approximate surface area is 135 Å². The summed E-state index contributed by atoms with van der Waals surface area (Å²) in [5, 5.41) is 8.01. The molecule has 0 aliphatic carbocycles. The van der Waals surface area contributed by atoms with E-state index in [4.69, 9.17) is 9.15 Å². The van der Waals surface area contributed by atoms with Gasteiger partial charge in [0.1, 0.15) is 5.75 Å². The van der Waals surface area contributed by atoms with Gasteiger partial charge in [-0.1, -0.05) is 30.3 Å². The van der Waals surface area contributed by atoms with E-state index in [0.717, 1.165) is 18.0 Å². The van der Waals surface area contributed by atoms with Crippen molar-refractivity contribution < 1.29 is 9.15 Å². The van der Waals surface area contributed by atoms with Crippen molar-refractivity contribution in [3.05, 3.63) is 71.9 Å². The molecule has 1 aromatic heterocycles. The SMILES string of the molecule is COc1ccc(N(Cc2ccccc2)Cc2nnc(C)o2)cc1. The second kappa shape index (κ2) is 6.96. The maximum absolute atomic E-state index is 5.53. The van der Waals surface area contributed by atoms with Gasteiger partial charge in [-0.05, 0) is 29.8 Å². The third kappa shape index (κ3) is 3.88. The third-order valence-corrected chi connectivity index (χ3v) is 3.55. The van der Waals surface area contributed by atoms with Gasteiger partial charge >= 0.3 is 0 Å². The average molecular weight is 309 g/mol. The van der Waals surface area contributed by atoms with E-state index in [0.29, 0.717) is 18.3 Å². The maximum atomic E-state index is 5.53. The first-order chi connectivity index (χ1) is 11.2. The van der Waals surface area contributed by atoms with Crippen LogP contribution < -0.4 is 9.64 Å². The summed E-state index contributed by atoms with van der Waals surface area (Å²) in [6.45, 7) is 3.11. The van der Waals surface area contributed by atoms with Crippen molar-refractivity contribution in [2.24, 2.45) is 0 Å². The first-order valence-electron chi connectivity index (χ1n) is 7.46. The molecule has 0 aliphatic rings. The van der Waals surface area contributed by atoms with Gasteiger partial charge in [-0.3, -0.25) is 0 Å². The highest BCUT2D eigenvalue weighted by molar-refractivity contribution is 5.49. The minimum Gasteiger partial charge on any atom is -0.497 e. The molecule has 0 saturated carbocycles. The number of ether oxygens (including phenoxy) is 1. The van der Waals surface area contributed by atoms with E-state index in [1.807, 2.05) is 42.5 Å². The molecule has 0 spiro atoms. The number of benzene rings is 2. The predicted octanol–water partition coefficient (Wildman–Crippen LogP) is 3.59. The summed E-state index contributed by atoms with van der Waals surface area (Å²) in [4.78, 5) is 2.20. The van der Waals surface area contributed by atoms with Crippen LogP contribution in [0, 0.1) is 6.92 Å². The quantitative estimate of drug-likeness (QED) is 0.696. The molecular weight excluding hydrogens is 290 g/mol. The fourth-order valence-corrected chi connectivity index (χ4v) is 2.40. The summed E-state index contributed by atoms with van der Waals surface area (Å²) in [7, 11) is 1.66. The standard InChI is InChI=1S/C18H19N3O2/c1-14-19-20-18(23-14)13-21(12-15-6-4-3-5-7-15)16-8-10-17(22-2)11-9-16/h3-11H,12-13H2,1-2H3. The highest BCUT2D eigenvalue weighted by atomic mass is 16.5. The van der Waals surface area contributed by atoms with Crippen molar-refractivity contribution in [2.45, 2.75) is 20.0 Å². The smallest absolute Gasteiger partial charge is 0.235 e. The predicted molar refractivity (Wildman–Crippen MR) is 88.4 cm³/mol. The zero-order valence-electron chi connectivity index (χ0n) is 13.3.